The Bertz CT molecular complexity index is 317. The highest BCUT2D eigenvalue weighted by Crippen LogP contribution is 2.27. The number of benzene rings is 1. The van der Waals surface area contributed by atoms with Crippen molar-refractivity contribution in [2.24, 2.45) is 5.73 Å². The van der Waals surface area contributed by atoms with Crippen molar-refractivity contribution >= 4 is 11.6 Å². The van der Waals surface area contributed by atoms with E-state index < -0.39 is 29.4 Å². The minimum atomic E-state index is -1.22. The van der Waals surface area contributed by atoms with Crippen LogP contribution in [0.2, 0.25) is 5.02 Å². The fraction of sp³-hybridized carbons (Fsp3) is 0.250. The first kappa shape index (κ1) is 10.3. The molecule has 0 aromatic heterocycles. The lowest BCUT2D eigenvalue weighted by atomic mass is 10.1. The molecule has 72 valence electrons. The molecule has 1 aromatic rings. The molecule has 0 bridgehead atoms. The van der Waals surface area contributed by atoms with Gasteiger partial charge in [-0.2, -0.15) is 0 Å². The number of nitrogens with two attached hydrogens (primary N) is 1. The molecule has 1 nitrogen and oxygen atoms in total. The van der Waals surface area contributed by atoms with Crippen molar-refractivity contribution in [3.63, 3.8) is 0 Å². The standard InChI is InChI=1S/C8H7ClF3N/c9-8-5(12)2-1-4(11)7(8)6(13)3-10/h1-2,6H,3,13H2. The normalized spacial score (nSPS) is 13.0. The van der Waals surface area contributed by atoms with Gasteiger partial charge in [-0.3, -0.25) is 0 Å². The van der Waals surface area contributed by atoms with Gasteiger partial charge in [0.25, 0.3) is 0 Å². The first-order valence-electron chi connectivity index (χ1n) is 3.53. The fourth-order valence-electron chi connectivity index (χ4n) is 0.960. The highest BCUT2D eigenvalue weighted by molar-refractivity contribution is 6.31. The van der Waals surface area contributed by atoms with E-state index in [-0.39, 0.29) is 5.56 Å². The van der Waals surface area contributed by atoms with Crippen LogP contribution < -0.4 is 5.73 Å². The molecule has 0 radical (unpaired) electrons. The summed E-state index contributed by atoms with van der Waals surface area (Å²) in [7, 11) is 0. The Balaban J connectivity index is 3.25. The van der Waals surface area contributed by atoms with Crippen molar-refractivity contribution in [1.29, 1.82) is 0 Å². The summed E-state index contributed by atoms with van der Waals surface area (Å²) < 4.78 is 37.8. The summed E-state index contributed by atoms with van der Waals surface area (Å²) in [5, 5.41) is -0.454. The lowest BCUT2D eigenvalue weighted by Gasteiger charge is -2.10. The van der Waals surface area contributed by atoms with E-state index in [9.17, 15) is 13.2 Å². The van der Waals surface area contributed by atoms with E-state index in [4.69, 9.17) is 17.3 Å². The second-order valence-electron chi connectivity index (χ2n) is 2.52. The maximum atomic E-state index is 13.0. The molecule has 13 heavy (non-hydrogen) atoms. The Kier molecular flexibility index (Phi) is 3.17. The summed E-state index contributed by atoms with van der Waals surface area (Å²) >= 11 is 5.41. The number of hydrogen-bond acceptors (Lipinski definition) is 1. The minimum Gasteiger partial charge on any atom is -0.322 e. The van der Waals surface area contributed by atoms with Gasteiger partial charge in [0, 0.05) is 5.56 Å². The van der Waals surface area contributed by atoms with Crippen molar-refractivity contribution in [3.8, 4) is 0 Å². The van der Waals surface area contributed by atoms with Crippen LogP contribution >= 0.6 is 11.6 Å². The molecule has 0 aliphatic rings. The van der Waals surface area contributed by atoms with Crippen molar-refractivity contribution in [2.75, 3.05) is 6.67 Å². The van der Waals surface area contributed by atoms with Gasteiger partial charge >= 0.3 is 0 Å². The maximum absolute atomic E-state index is 13.0. The smallest absolute Gasteiger partial charge is 0.142 e. The third kappa shape index (κ3) is 1.95. The first-order valence-corrected chi connectivity index (χ1v) is 3.90. The summed E-state index contributed by atoms with van der Waals surface area (Å²) in [4.78, 5) is 0. The number of alkyl halides is 1. The number of rotatable bonds is 2. The van der Waals surface area contributed by atoms with Gasteiger partial charge < -0.3 is 5.73 Å². The molecule has 5 heteroatoms. The quantitative estimate of drug-likeness (QED) is 0.745. The average Bonchev–Trinajstić information content (AvgIpc) is 2.12. The molecule has 1 unspecified atom stereocenters. The SMILES string of the molecule is NC(CF)c1c(F)ccc(F)c1Cl. The van der Waals surface area contributed by atoms with Crippen molar-refractivity contribution in [2.45, 2.75) is 6.04 Å². The molecular weight excluding hydrogens is 203 g/mol. The molecule has 0 aliphatic heterocycles. The van der Waals surface area contributed by atoms with E-state index in [2.05, 4.69) is 0 Å². The van der Waals surface area contributed by atoms with Crippen molar-refractivity contribution in [1.82, 2.24) is 0 Å². The molecule has 0 saturated carbocycles. The van der Waals surface area contributed by atoms with Crippen LogP contribution in [-0.4, -0.2) is 6.67 Å². The monoisotopic (exact) mass is 209 g/mol. The number of halogens is 4. The Labute approximate surface area is 78.3 Å². The molecule has 2 N–H and O–H groups in total. The van der Waals surface area contributed by atoms with Gasteiger partial charge in [-0.15, -0.1) is 0 Å². The summed E-state index contributed by atoms with van der Waals surface area (Å²) in [5.74, 6) is -1.60. The van der Waals surface area contributed by atoms with Crippen LogP contribution in [-0.2, 0) is 0 Å². The van der Waals surface area contributed by atoms with Crippen LogP contribution in [0.5, 0.6) is 0 Å². The molecule has 0 spiro atoms. The first-order chi connectivity index (χ1) is 6.07. The summed E-state index contributed by atoms with van der Waals surface area (Å²) in [6, 6.07) is 0.515. The highest BCUT2D eigenvalue weighted by atomic mass is 35.5. The maximum Gasteiger partial charge on any atom is 0.142 e. The van der Waals surface area contributed by atoms with Gasteiger partial charge in [-0.1, -0.05) is 11.6 Å². The average molecular weight is 210 g/mol. The number of hydrogen-bond donors (Lipinski definition) is 1. The predicted octanol–water partition coefficient (Wildman–Crippen LogP) is 2.59. The van der Waals surface area contributed by atoms with Gasteiger partial charge in [-0.25, -0.2) is 13.2 Å². The molecule has 0 saturated heterocycles. The van der Waals surface area contributed by atoms with Gasteiger partial charge in [0.15, 0.2) is 0 Å². The van der Waals surface area contributed by atoms with E-state index in [0.717, 1.165) is 12.1 Å². The largest absolute Gasteiger partial charge is 0.322 e. The summed E-state index contributed by atoms with van der Waals surface area (Å²) in [5.41, 5.74) is 4.88. The summed E-state index contributed by atoms with van der Waals surface area (Å²) in [6.45, 7) is -0.986. The molecule has 0 amide bonds. The summed E-state index contributed by atoms with van der Waals surface area (Å²) in [6.07, 6.45) is 0. The molecule has 1 atom stereocenters. The van der Waals surface area contributed by atoms with E-state index >= 15 is 0 Å². The Morgan fingerprint density at radius 3 is 2.38 bits per heavy atom. The van der Waals surface area contributed by atoms with E-state index in [1.54, 1.807) is 0 Å². The van der Waals surface area contributed by atoms with Crippen LogP contribution in [0.1, 0.15) is 11.6 Å². The molecule has 0 aliphatic carbocycles. The van der Waals surface area contributed by atoms with E-state index in [0.29, 0.717) is 0 Å². The van der Waals surface area contributed by atoms with Crippen molar-refractivity contribution in [3.05, 3.63) is 34.4 Å². The van der Waals surface area contributed by atoms with Crippen molar-refractivity contribution < 1.29 is 13.2 Å². The van der Waals surface area contributed by atoms with Crippen LogP contribution in [0, 0.1) is 11.6 Å². The predicted molar refractivity (Wildman–Crippen MR) is 44.3 cm³/mol. The molecule has 1 rings (SSSR count). The third-order valence-electron chi connectivity index (χ3n) is 1.62. The van der Waals surface area contributed by atoms with Crippen LogP contribution in [0.3, 0.4) is 0 Å². The van der Waals surface area contributed by atoms with Crippen LogP contribution in [0.15, 0.2) is 12.1 Å². The Morgan fingerprint density at radius 2 is 1.85 bits per heavy atom. The van der Waals surface area contributed by atoms with Gasteiger partial charge in [0.1, 0.15) is 18.3 Å². The Hall–Kier alpha value is -0.740. The molecule has 0 fully saturated rings. The van der Waals surface area contributed by atoms with Gasteiger partial charge in [0.2, 0.25) is 0 Å². The third-order valence-corrected chi connectivity index (χ3v) is 2.00. The fourth-order valence-corrected chi connectivity index (χ4v) is 1.25. The van der Waals surface area contributed by atoms with Crippen LogP contribution in [0.4, 0.5) is 13.2 Å². The zero-order chi connectivity index (χ0) is 10.0. The topological polar surface area (TPSA) is 26.0 Å². The second kappa shape index (κ2) is 3.98. The van der Waals surface area contributed by atoms with Gasteiger partial charge in [0.05, 0.1) is 11.1 Å². The molecular formula is C8H7ClF3N. The van der Waals surface area contributed by atoms with E-state index in [1.807, 2.05) is 0 Å². The molecule has 0 heterocycles. The lowest BCUT2D eigenvalue weighted by molar-refractivity contribution is 0.425. The van der Waals surface area contributed by atoms with E-state index in [1.165, 1.54) is 0 Å². The second-order valence-corrected chi connectivity index (χ2v) is 2.90. The zero-order valence-electron chi connectivity index (χ0n) is 6.53. The van der Waals surface area contributed by atoms with Crippen LogP contribution in [0.25, 0.3) is 0 Å². The highest BCUT2D eigenvalue weighted by Gasteiger charge is 2.17. The molecule has 1 aromatic carbocycles. The van der Waals surface area contributed by atoms with Gasteiger partial charge in [-0.05, 0) is 12.1 Å². The lowest BCUT2D eigenvalue weighted by Crippen LogP contribution is -2.15. The minimum absolute atomic E-state index is 0.316. The Morgan fingerprint density at radius 1 is 1.31 bits per heavy atom. The zero-order valence-corrected chi connectivity index (χ0v) is 7.28.